The Labute approximate surface area is 207 Å². The number of nitrogens with zero attached hydrogens (tertiary/aromatic N) is 5. The van der Waals surface area contributed by atoms with Gasteiger partial charge in [0.05, 0.1) is 28.3 Å². The van der Waals surface area contributed by atoms with Crippen LogP contribution in [-0.4, -0.2) is 52.1 Å². The van der Waals surface area contributed by atoms with Gasteiger partial charge in [0.2, 0.25) is 5.88 Å². The van der Waals surface area contributed by atoms with Crippen molar-refractivity contribution >= 4 is 29.1 Å². The van der Waals surface area contributed by atoms with Gasteiger partial charge in [0.1, 0.15) is 12.2 Å². The third-order valence-corrected chi connectivity index (χ3v) is 6.60. The molecule has 1 aliphatic heterocycles. The molecule has 0 bridgehead atoms. The molecule has 1 aliphatic rings. The Balaban J connectivity index is 1.59. The van der Waals surface area contributed by atoms with E-state index in [9.17, 15) is 4.79 Å². The van der Waals surface area contributed by atoms with Crippen molar-refractivity contribution in [2.45, 2.75) is 18.9 Å². The Kier molecular flexibility index (Phi) is 7.15. The fraction of sp³-hybridized carbons (Fsp3) is 0.292. The SMILES string of the molecule is COc1ncc(C(=O)N2CC(c3ccc(Cl)c(Cl)c3)C(C(C)Oc3ccc(C#N)cn3)C2)cn1. The number of nitriles is 1. The third-order valence-electron chi connectivity index (χ3n) is 5.86. The molecule has 3 unspecified atom stereocenters. The largest absolute Gasteiger partial charge is 0.474 e. The molecule has 3 aromatic rings. The molecule has 3 atom stereocenters. The zero-order valence-corrected chi connectivity index (χ0v) is 20.0. The van der Waals surface area contributed by atoms with Crippen molar-refractivity contribution in [2.24, 2.45) is 5.92 Å². The van der Waals surface area contributed by atoms with Gasteiger partial charge in [0.15, 0.2) is 0 Å². The number of methoxy groups -OCH3 is 1. The molecule has 4 rings (SSSR count). The van der Waals surface area contributed by atoms with Crippen LogP contribution < -0.4 is 9.47 Å². The van der Waals surface area contributed by atoms with Crippen LogP contribution in [0.4, 0.5) is 0 Å². The number of amides is 1. The second kappa shape index (κ2) is 10.2. The Morgan fingerprint density at radius 2 is 1.88 bits per heavy atom. The average molecular weight is 498 g/mol. The summed E-state index contributed by atoms with van der Waals surface area (Å²) in [6.45, 7) is 2.86. The summed E-state index contributed by atoms with van der Waals surface area (Å²) in [5.41, 5.74) is 1.79. The van der Waals surface area contributed by atoms with Crippen molar-refractivity contribution in [3.8, 4) is 18.0 Å². The highest BCUT2D eigenvalue weighted by Crippen LogP contribution is 2.38. The zero-order chi connectivity index (χ0) is 24.2. The molecule has 174 valence electrons. The Bertz CT molecular complexity index is 1210. The monoisotopic (exact) mass is 497 g/mol. The van der Waals surface area contributed by atoms with Crippen LogP contribution in [0.3, 0.4) is 0 Å². The molecule has 0 radical (unpaired) electrons. The zero-order valence-electron chi connectivity index (χ0n) is 18.5. The standard InChI is InChI=1S/C24H21Cl2N5O3/c1-14(34-22-6-3-15(8-27)9-28-22)18-12-31(23(32)17-10-29-24(33-2)30-11-17)13-19(18)16-4-5-20(25)21(26)7-16/h3-7,9-11,14,18-19H,12-13H2,1-2H3. The lowest BCUT2D eigenvalue weighted by Gasteiger charge is -2.25. The van der Waals surface area contributed by atoms with E-state index in [-0.39, 0.29) is 29.9 Å². The number of benzene rings is 1. The number of aromatic nitrogens is 3. The lowest BCUT2D eigenvalue weighted by Crippen LogP contribution is -2.32. The molecule has 0 N–H and O–H groups in total. The summed E-state index contributed by atoms with van der Waals surface area (Å²) in [6.07, 6.45) is 4.09. The highest BCUT2D eigenvalue weighted by Gasteiger charge is 2.40. The van der Waals surface area contributed by atoms with Crippen LogP contribution in [0.2, 0.25) is 10.0 Å². The summed E-state index contributed by atoms with van der Waals surface area (Å²) in [5, 5.41) is 9.91. The molecule has 10 heteroatoms. The minimum Gasteiger partial charge on any atom is -0.474 e. The van der Waals surface area contributed by atoms with E-state index in [4.69, 9.17) is 37.9 Å². The van der Waals surface area contributed by atoms with Gasteiger partial charge in [-0.05, 0) is 30.7 Å². The fourth-order valence-electron chi connectivity index (χ4n) is 4.07. The highest BCUT2D eigenvalue weighted by molar-refractivity contribution is 6.42. The molecule has 1 amide bonds. The molecule has 1 saturated heterocycles. The molecular formula is C24H21Cl2N5O3. The molecule has 3 heterocycles. The maximum atomic E-state index is 13.2. The van der Waals surface area contributed by atoms with Gasteiger partial charge in [0, 0.05) is 49.6 Å². The number of pyridine rings is 1. The quantitative estimate of drug-likeness (QED) is 0.497. The number of rotatable bonds is 6. The maximum absolute atomic E-state index is 13.2. The first-order valence-electron chi connectivity index (χ1n) is 10.5. The molecule has 0 aliphatic carbocycles. The van der Waals surface area contributed by atoms with Crippen LogP contribution in [0.15, 0.2) is 48.9 Å². The Morgan fingerprint density at radius 3 is 2.50 bits per heavy atom. The molecule has 1 aromatic carbocycles. The van der Waals surface area contributed by atoms with E-state index < -0.39 is 0 Å². The van der Waals surface area contributed by atoms with Gasteiger partial charge in [0.25, 0.3) is 5.91 Å². The lowest BCUT2D eigenvalue weighted by molar-refractivity contribution is 0.0768. The number of hydrogen-bond acceptors (Lipinski definition) is 7. The van der Waals surface area contributed by atoms with Crippen LogP contribution >= 0.6 is 23.2 Å². The summed E-state index contributed by atoms with van der Waals surface area (Å²) in [5.74, 6) is 0.121. The predicted octanol–water partition coefficient (Wildman–Crippen LogP) is 4.38. The van der Waals surface area contributed by atoms with Crippen molar-refractivity contribution in [2.75, 3.05) is 20.2 Å². The van der Waals surface area contributed by atoms with Crippen LogP contribution in [0.1, 0.15) is 34.3 Å². The topological polar surface area (TPSA) is 101 Å². The first-order valence-corrected chi connectivity index (χ1v) is 11.3. The predicted molar refractivity (Wildman–Crippen MR) is 126 cm³/mol. The summed E-state index contributed by atoms with van der Waals surface area (Å²) < 4.78 is 11.1. The van der Waals surface area contributed by atoms with Crippen molar-refractivity contribution in [1.29, 1.82) is 5.26 Å². The molecule has 0 spiro atoms. The smallest absolute Gasteiger partial charge is 0.316 e. The van der Waals surface area contributed by atoms with Gasteiger partial charge in [-0.15, -0.1) is 0 Å². The molecular weight excluding hydrogens is 477 g/mol. The van der Waals surface area contributed by atoms with Crippen molar-refractivity contribution in [1.82, 2.24) is 19.9 Å². The van der Waals surface area contributed by atoms with Gasteiger partial charge in [-0.1, -0.05) is 29.3 Å². The van der Waals surface area contributed by atoms with E-state index in [0.29, 0.717) is 40.1 Å². The summed E-state index contributed by atoms with van der Waals surface area (Å²) in [4.78, 5) is 27.3. The molecule has 0 saturated carbocycles. The number of hydrogen-bond donors (Lipinski definition) is 0. The summed E-state index contributed by atoms with van der Waals surface area (Å²) in [7, 11) is 1.47. The van der Waals surface area contributed by atoms with Gasteiger partial charge in [-0.3, -0.25) is 4.79 Å². The Morgan fingerprint density at radius 1 is 1.12 bits per heavy atom. The molecule has 1 fully saturated rings. The van der Waals surface area contributed by atoms with Gasteiger partial charge < -0.3 is 14.4 Å². The molecule has 8 nitrogen and oxygen atoms in total. The van der Waals surface area contributed by atoms with E-state index in [2.05, 4.69) is 15.0 Å². The van der Waals surface area contributed by atoms with Gasteiger partial charge in [-0.2, -0.15) is 5.26 Å². The van der Waals surface area contributed by atoms with E-state index >= 15 is 0 Å². The second-order valence-electron chi connectivity index (χ2n) is 7.93. The lowest BCUT2D eigenvalue weighted by atomic mass is 9.86. The third kappa shape index (κ3) is 5.06. The number of likely N-dealkylation sites (tertiary alicyclic amines) is 1. The van der Waals surface area contributed by atoms with Gasteiger partial charge >= 0.3 is 6.01 Å². The number of carbonyl (C=O) groups excluding carboxylic acids is 1. The van der Waals surface area contributed by atoms with Crippen LogP contribution in [-0.2, 0) is 0 Å². The number of carbonyl (C=O) groups is 1. The van der Waals surface area contributed by atoms with Crippen molar-refractivity contribution in [3.63, 3.8) is 0 Å². The first-order chi connectivity index (χ1) is 16.4. The van der Waals surface area contributed by atoms with Crippen LogP contribution in [0.5, 0.6) is 11.9 Å². The van der Waals surface area contributed by atoms with E-state index in [1.807, 2.05) is 25.1 Å². The van der Waals surface area contributed by atoms with E-state index in [1.165, 1.54) is 25.7 Å². The highest BCUT2D eigenvalue weighted by atomic mass is 35.5. The number of ether oxygens (including phenoxy) is 2. The normalized spacial score (nSPS) is 18.3. The first kappa shape index (κ1) is 23.7. The number of halogens is 2. The van der Waals surface area contributed by atoms with Crippen molar-refractivity contribution < 1.29 is 14.3 Å². The summed E-state index contributed by atoms with van der Waals surface area (Å²) >= 11 is 12.4. The fourth-order valence-corrected chi connectivity index (χ4v) is 4.38. The Hall–Kier alpha value is -3.41. The second-order valence-corrected chi connectivity index (χ2v) is 8.75. The minimum absolute atomic E-state index is 0.0498. The molecule has 2 aromatic heterocycles. The molecule has 34 heavy (non-hydrogen) atoms. The van der Waals surface area contributed by atoms with Crippen molar-refractivity contribution in [3.05, 3.63) is 75.7 Å². The van der Waals surface area contributed by atoms with Gasteiger partial charge in [-0.25, -0.2) is 15.0 Å². The van der Waals surface area contributed by atoms with E-state index in [1.54, 1.807) is 23.1 Å². The maximum Gasteiger partial charge on any atom is 0.316 e. The minimum atomic E-state index is -0.287. The van der Waals surface area contributed by atoms with E-state index in [0.717, 1.165) is 5.56 Å². The van der Waals surface area contributed by atoms with Crippen LogP contribution in [0, 0.1) is 17.2 Å². The van der Waals surface area contributed by atoms with Crippen LogP contribution in [0.25, 0.3) is 0 Å². The summed E-state index contributed by atoms with van der Waals surface area (Å²) in [6, 6.07) is 11.1. The average Bonchev–Trinajstić information content (AvgIpc) is 3.31.